The highest BCUT2D eigenvalue weighted by Crippen LogP contribution is 2.44. The van der Waals surface area contributed by atoms with Gasteiger partial charge in [-0.3, -0.25) is 0 Å². The molecule has 2 nitrogen and oxygen atoms in total. The normalized spacial score (nSPS) is 19.2. The van der Waals surface area contributed by atoms with Gasteiger partial charge in [0.2, 0.25) is 0 Å². The van der Waals surface area contributed by atoms with Crippen LogP contribution in [0.4, 0.5) is 0 Å². The molecule has 1 atom stereocenters. The number of ether oxygens (including phenoxy) is 2. The summed E-state index contributed by atoms with van der Waals surface area (Å²) in [6.07, 6.45) is 2.23. The van der Waals surface area contributed by atoms with E-state index in [4.69, 9.17) is 9.47 Å². The summed E-state index contributed by atoms with van der Waals surface area (Å²) in [4.78, 5) is 0.429. The molecule has 0 N–H and O–H groups in total. The van der Waals surface area contributed by atoms with Gasteiger partial charge in [0.25, 0.3) is 0 Å². The van der Waals surface area contributed by atoms with Crippen molar-refractivity contribution in [2.24, 2.45) is 0 Å². The monoisotopic (exact) mass is 256 g/mol. The minimum atomic E-state index is 0.429. The van der Waals surface area contributed by atoms with E-state index in [1.807, 2.05) is 6.07 Å². The SMILES string of the molecule is COc1cc2c(c(OC)c1)C(Br)CC2. The van der Waals surface area contributed by atoms with Crippen LogP contribution in [-0.2, 0) is 6.42 Å². The van der Waals surface area contributed by atoms with Gasteiger partial charge < -0.3 is 9.47 Å². The number of methoxy groups -OCH3 is 2. The highest BCUT2D eigenvalue weighted by atomic mass is 79.9. The van der Waals surface area contributed by atoms with Gasteiger partial charge in [-0.1, -0.05) is 15.9 Å². The van der Waals surface area contributed by atoms with E-state index in [1.165, 1.54) is 11.1 Å². The van der Waals surface area contributed by atoms with Gasteiger partial charge in [-0.25, -0.2) is 0 Å². The number of rotatable bonds is 2. The summed E-state index contributed by atoms with van der Waals surface area (Å²) in [7, 11) is 3.38. The maximum absolute atomic E-state index is 5.36. The molecule has 0 aliphatic heterocycles. The van der Waals surface area contributed by atoms with Crippen molar-refractivity contribution in [3.63, 3.8) is 0 Å². The fraction of sp³-hybridized carbons (Fsp3) is 0.455. The minimum Gasteiger partial charge on any atom is -0.497 e. The zero-order valence-electron chi connectivity index (χ0n) is 8.34. The van der Waals surface area contributed by atoms with Gasteiger partial charge in [-0.15, -0.1) is 0 Å². The van der Waals surface area contributed by atoms with E-state index >= 15 is 0 Å². The second kappa shape index (κ2) is 3.81. The number of alkyl halides is 1. The van der Waals surface area contributed by atoms with Crippen LogP contribution in [0.25, 0.3) is 0 Å². The summed E-state index contributed by atoms with van der Waals surface area (Å²) >= 11 is 3.65. The third-order valence-electron chi connectivity index (χ3n) is 2.64. The Morgan fingerprint density at radius 2 is 2.07 bits per heavy atom. The fourth-order valence-corrected chi connectivity index (χ4v) is 2.68. The third-order valence-corrected chi connectivity index (χ3v) is 3.55. The zero-order valence-corrected chi connectivity index (χ0v) is 9.93. The van der Waals surface area contributed by atoms with Gasteiger partial charge in [0.1, 0.15) is 11.5 Å². The molecule has 0 saturated heterocycles. The van der Waals surface area contributed by atoms with Gasteiger partial charge >= 0.3 is 0 Å². The van der Waals surface area contributed by atoms with Crippen LogP contribution in [0.5, 0.6) is 11.5 Å². The summed E-state index contributed by atoms with van der Waals surface area (Å²) in [5.74, 6) is 1.81. The van der Waals surface area contributed by atoms with Crippen LogP contribution >= 0.6 is 15.9 Å². The summed E-state index contributed by atoms with van der Waals surface area (Å²) in [5.41, 5.74) is 2.62. The molecule has 1 aromatic carbocycles. The van der Waals surface area contributed by atoms with E-state index in [0.717, 1.165) is 24.3 Å². The lowest BCUT2D eigenvalue weighted by Gasteiger charge is -2.11. The van der Waals surface area contributed by atoms with Crippen molar-refractivity contribution in [2.75, 3.05) is 14.2 Å². The van der Waals surface area contributed by atoms with Gasteiger partial charge in [0.05, 0.1) is 14.2 Å². The number of fused-ring (bicyclic) bond motifs is 1. The number of hydrogen-bond acceptors (Lipinski definition) is 2. The fourth-order valence-electron chi connectivity index (χ4n) is 1.93. The number of benzene rings is 1. The van der Waals surface area contributed by atoms with E-state index in [-0.39, 0.29) is 0 Å². The largest absolute Gasteiger partial charge is 0.497 e. The lowest BCUT2D eigenvalue weighted by Crippen LogP contribution is -1.94. The Balaban J connectivity index is 2.52. The molecule has 1 aliphatic carbocycles. The molecule has 0 heterocycles. The van der Waals surface area contributed by atoms with Crippen LogP contribution in [0.1, 0.15) is 22.4 Å². The molecule has 0 spiro atoms. The highest BCUT2D eigenvalue weighted by molar-refractivity contribution is 9.09. The van der Waals surface area contributed by atoms with Crippen molar-refractivity contribution in [1.29, 1.82) is 0 Å². The van der Waals surface area contributed by atoms with Gasteiger partial charge in [0, 0.05) is 16.5 Å². The van der Waals surface area contributed by atoms with Crippen molar-refractivity contribution in [3.05, 3.63) is 23.3 Å². The first-order valence-corrected chi connectivity index (χ1v) is 5.56. The Morgan fingerprint density at radius 3 is 2.71 bits per heavy atom. The molecule has 3 heteroatoms. The van der Waals surface area contributed by atoms with Crippen molar-refractivity contribution >= 4 is 15.9 Å². The molecule has 0 aromatic heterocycles. The molecule has 2 rings (SSSR count). The Hall–Kier alpha value is -0.700. The first kappa shape index (κ1) is 9.84. The molecule has 76 valence electrons. The van der Waals surface area contributed by atoms with Crippen LogP contribution in [-0.4, -0.2) is 14.2 Å². The first-order chi connectivity index (χ1) is 6.76. The average molecular weight is 257 g/mol. The van der Waals surface area contributed by atoms with Crippen molar-refractivity contribution in [2.45, 2.75) is 17.7 Å². The lowest BCUT2D eigenvalue weighted by molar-refractivity contribution is 0.391. The molecule has 0 bridgehead atoms. The van der Waals surface area contributed by atoms with E-state index in [9.17, 15) is 0 Å². The number of halogens is 1. The van der Waals surface area contributed by atoms with Crippen molar-refractivity contribution < 1.29 is 9.47 Å². The molecule has 1 aromatic rings. The van der Waals surface area contributed by atoms with Crippen molar-refractivity contribution in [3.8, 4) is 11.5 Å². The Labute approximate surface area is 92.3 Å². The lowest BCUT2D eigenvalue weighted by atomic mass is 10.1. The molecule has 0 saturated carbocycles. The maximum atomic E-state index is 5.36. The van der Waals surface area contributed by atoms with E-state index in [1.54, 1.807) is 14.2 Å². The Bertz CT molecular complexity index is 349. The topological polar surface area (TPSA) is 18.5 Å². The van der Waals surface area contributed by atoms with Crippen LogP contribution in [0.2, 0.25) is 0 Å². The molecule has 1 unspecified atom stereocenters. The van der Waals surface area contributed by atoms with E-state index < -0.39 is 0 Å². The van der Waals surface area contributed by atoms with Gasteiger partial charge in [0.15, 0.2) is 0 Å². The third kappa shape index (κ3) is 1.50. The maximum Gasteiger partial charge on any atom is 0.127 e. The predicted octanol–water partition coefficient (Wildman–Crippen LogP) is 3.09. The summed E-state index contributed by atoms with van der Waals surface area (Å²) in [6.45, 7) is 0. The molecule has 0 amide bonds. The molecule has 1 aliphatic rings. The molecular weight excluding hydrogens is 244 g/mol. The quantitative estimate of drug-likeness (QED) is 0.758. The van der Waals surface area contributed by atoms with Crippen LogP contribution < -0.4 is 9.47 Å². The molecule has 0 radical (unpaired) electrons. The minimum absolute atomic E-state index is 0.429. The summed E-state index contributed by atoms with van der Waals surface area (Å²) in [5, 5.41) is 0. The standard InChI is InChI=1S/C11H13BrO2/c1-13-8-5-7-3-4-9(12)11(7)10(6-8)14-2/h5-6,9H,3-4H2,1-2H3. The van der Waals surface area contributed by atoms with Crippen LogP contribution in [0, 0.1) is 0 Å². The average Bonchev–Trinajstić information content (AvgIpc) is 2.59. The van der Waals surface area contributed by atoms with Crippen molar-refractivity contribution in [1.82, 2.24) is 0 Å². The zero-order chi connectivity index (χ0) is 10.1. The first-order valence-electron chi connectivity index (χ1n) is 4.65. The highest BCUT2D eigenvalue weighted by Gasteiger charge is 2.24. The van der Waals surface area contributed by atoms with Crippen LogP contribution in [0.15, 0.2) is 12.1 Å². The second-order valence-corrected chi connectivity index (χ2v) is 4.51. The van der Waals surface area contributed by atoms with Gasteiger partial charge in [-0.05, 0) is 24.5 Å². The second-order valence-electron chi connectivity index (χ2n) is 3.41. The molecule has 0 fully saturated rings. The molecular formula is C11H13BrO2. The Kier molecular flexibility index (Phi) is 2.68. The summed E-state index contributed by atoms with van der Waals surface area (Å²) in [6, 6.07) is 4.04. The summed E-state index contributed by atoms with van der Waals surface area (Å²) < 4.78 is 10.6. The Morgan fingerprint density at radius 1 is 1.29 bits per heavy atom. The number of aryl methyl sites for hydroxylation is 1. The smallest absolute Gasteiger partial charge is 0.127 e. The van der Waals surface area contributed by atoms with E-state index in [0.29, 0.717) is 4.83 Å². The number of hydrogen-bond donors (Lipinski definition) is 0. The van der Waals surface area contributed by atoms with Gasteiger partial charge in [-0.2, -0.15) is 0 Å². The van der Waals surface area contributed by atoms with E-state index in [2.05, 4.69) is 22.0 Å². The van der Waals surface area contributed by atoms with Crippen LogP contribution in [0.3, 0.4) is 0 Å². The molecule has 14 heavy (non-hydrogen) atoms. The predicted molar refractivity (Wildman–Crippen MR) is 59.5 cm³/mol.